The lowest BCUT2D eigenvalue weighted by molar-refractivity contribution is -0.116. The fraction of sp³-hybridized carbons (Fsp3) is 0.385. The van der Waals surface area contributed by atoms with Crippen LogP contribution in [0.15, 0.2) is 24.3 Å². The van der Waals surface area contributed by atoms with E-state index in [1.807, 2.05) is 0 Å². The van der Waals surface area contributed by atoms with Crippen molar-refractivity contribution in [1.29, 1.82) is 0 Å². The van der Waals surface area contributed by atoms with Crippen molar-refractivity contribution in [3.8, 4) is 0 Å². The molecule has 1 atom stereocenters. The van der Waals surface area contributed by atoms with Gasteiger partial charge in [0.1, 0.15) is 0 Å². The molecule has 0 aliphatic rings. The van der Waals surface area contributed by atoms with E-state index in [1.54, 1.807) is 31.2 Å². The molecule has 0 heterocycles. The summed E-state index contributed by atoms with van der Waals surface area (Å²) in [6.45, 7) is 1.63. The van der Waals surface area contributed by atoms with Crippen LogP contribution < -0.4 is 10.6 Å². The maximum absolute atomic E-state index is 11.6. The highest BCUT2D eigenvalue weighted by atomic mass is 16.5. The van der Waals surface area contributed by atoms with Gasteiger partial charge >= 0.3 is 6.09 Å². The zero-order chi connectivity index (χ0) is 14.3. The molecular formula is C13H18N2O4. The van der Waals surface area contributed by atoms with E-state index in [4.69, 9.17) is 5.11 Å². The van der Waals surface area contributed by atoms with Crippen molar-refractivity contribution in [2.24, 2.45) is 0 Å². The molecule has 1 unspecified atom stereocenters. The van der Waals surface area contributed by atoms with E-state index in [2.05, 4.69) is 15.4 Å². The predicted octanol–water partition coefficient (Wildman–Crippen LogP) is 1.96. The molecule has 0 fully saturated rings. The lowest BCUT2D eigenvalue weighted by atomic mass is 10.2. The normalized spacial score (nSPS) is 11.5. The fourth-order valence-corrected chi connectivity index (χ4v) is 1.41. The molecule has 0 saturated carbocycles. The molecule has 0 aromatic heterocycles. The van der Waals surface area contributed by atoms with Crippen LogP contribution in [0.25, 0.3) is 0 Å². The molecule has 19 heavy (non-hydrogen) atoms. The van der Waals surface area contributed by atoms with Gasteiger partial charge in [-0.1, -0.05) is 6.07 Å². The highest BCUT2D eigenvalue weighted by molar-refractivity contribution is 5.92. The molecular weight excluding hydrogens is 248 g/mol. The average Bonchev–Trinajstić information content (AvgIpc) is 2.36. The van der Waals surface area contributed by atoms with Crippen LogP contribution in [-0.2, 0) is 9.53 Å². The van der Waals surface area contributed by atoms with Crippen LogP contribution in [0.1, 0.15) is 19.8 Å². The van der Waals surface area contributed by atoms with Gasteiger partial charge < -0.3 is 15.2 Å². The van der Waals surface area contributed by atoms with Crippen molar-refractivity contribution < 1.29 is 19.4 Å². The van der Waals surface area contributed by atoms with Crippen LogP contribution in [-0.4, -0.2) is 30.3 Å². The van der Waals surface area contributed by atoms with Crippen LogP contribution in [0.5, 0.6) is 0 Å². The van der Waals surface area contributed by atoms with Crippen molar-refractivity contribution in [3.05, 3.63) is 24.3 Å². The number of rotatable bonds is 5. The second kappa shape index (κ2) is 7.38. The number of hydrogen-bond acceptors (Lipinski definition) is 4. The van der Waals surface area contributed by atoms with Gasteiger partial charge in [0.25, 0.3) is 0 Å². The van der Waals surface area contributed by atoms with Gasteiger partial charge in [-0.3, -0.25) is 10.1 Å². The SMILES string of the molecule is COC(=O)Nc1cccc(NC(=O)CCC(C)O)c1. The monoisotopic (exact) mass is 266 g/mol. The third-order valence-electron chi connectivity index (χ3n) is 2.37. The van der Waals surface area contributed by atoms with Gasteiger partial charge in [-0.05, 0) is 31.5 Å². The van der Waals surface area contributed by atoms with E-state index in [0.717, 1.165) is 0 Å². The summed E-state index contributed by atoms with van der Waals surface area (Å²) in [5, 5.41) is 14.3. The number of aliphatic hydroxyl groups excluding tert-OH is 1. The van der Waals surface area contributed by atoms with E-state index < -0.39 is 12.2 Å². The molecule has 1 rings (SSSR count). The number of carbonyl (C=O) groups is 2. The van der Waals surface area contributed by atoms with Gasteiger partial charge in [0, 0.05) is 17.8 Å². The first-order valence-electron chi connectivity index (χ1n) is 5.94. The zero-order valence-electron chi connectivity index (χ0n) is 11.0. The summed E-state index contributed by atoms with van der Waals surface area (Å²) in [4.78, 5) is 22.6. The van der Waals surface area contributed by atoms with E-state index in [0.29, 0.717) is 17.8 Å². The minimum atomic E-state index is -0.572. The van der Waals surface area contributed by atoms with Crippen LogP contribution in [0.2, 0.25) is 0 Å². The smallest absolute Gasteiger partial charge is 0.411 e. The van der Waals surface area contributed by atoms with E-state index >= 15 is 0 Å². The van der Waals surface area contributed by atoms with Crippen molar-refractivity contribution in [3.63, 3.8) is 0 Å². The number of anilines is 2. The topological polar surface area (TPSA) is 87.7 Å². The number of amides is 2. The molecule has 0 saturated heterocycles. The van der Waals surface area contributed by atoms with Gasteiger partial charge in [-0.25, -0.2) is 4.79 Å². The highest BCUT2D eigenvalue weighted by Crippen LogP contribution is 2.15. The van der Waals surface area contributed by atoms with Crippen molar-refractivity contribution in [1.82, 2.24) is 0 Å². The van der Waals surface area contributed by atoms with Gasteiger partial charge in [0.05, 0.1) is 13.2 Å². The number of methoxy groups -OCH3 is 1. The molecule has 0 bridgehead atoms. The molecule has 0 radical (unpaired) electrons. The standard InChI is InChI=1S/C13H18N2O4/c1-9(16)6-7-12(17)14-10-4-3-5-11(8-10)15-13(18)19-2/h3-5,8-9,16H,6-7H2,1-2H3,(H,14,17)(H,15,18). The summed E-state index contributed by atoms with van der Waals surface area (Å²) in [6.07, 6.45) is -0.422. The third kappa shape index (κ3) is 5.87. The van der Waals surface area contributed by atoms with Crippen molar-refractivity contribution in [2.75, 3.05) is 17.7 Å². The summed E-state index contributed by atoms with van der Waals surface area (Å²) in [6, 6.07) is 6.72. The second-order valence-electron chi connectivity index (χ2n) is 4.13. The lowest BCUT2D eigenvalue weighted by Crippen LogP contribution is -2.15. The maximum Gasteiger partial charge on any atom is 0.411 e. The Morgan fingerprint density at radius 1 is 1.32 bits per heavy atom. The number of nitrogens with one attached hydrogen (secondary N) is 2. The van der Waals surface area contributed by atoms with E-state index in [-0.39, 0.29) is 12.3 Å². The predicted molar refractivity (Wildman–Crippen MR) is 72.0 cm³/mol. The summed E-state index contributed by atoms with van der Waals surface area (Å²) >= 11 is 0. The Hall–Kier alpha value is -2.08. The Morgan fingerprint density at radius 3 is 2.53 bits per heavy atom. The Labute approximate surface area is 111 Å². The Balaban J connectivity index is 2.56. The first-order valence-corrected chi connectivity index (χ1v) is 5.94. The summed E-state index contributed by atoms with van der Waals surface area (Å²) in [7, 11) is 1.27. The Kier molecular flexibility index (Phi) is 5.81. The van der Waals surface area contributed by atoms with Crippen molar-refractivity contribution in [2.45, 2.75) is 25.9 Å². The van der Waals surface area contributed by atoms with Gasteiger partial charge in [-0.15, -0.1) is 0 Å². The van der Waals surface area contributed by atoms with Crippen LogP contribution in [0.3, 0.4) is 0 Å². The second-order valence-corrected chi connectivity index (χ2v) is 4.13. The molecule has 6 heteroatoms. The number of benzene rings is 1. The molecule has 3 N–H and O–H groups in total. The van der Waals surface area contributed by atoms with Gasteiger partial charge in [0.2, 0.25) is 5.91 Å². The molecule has 6 nitrogen and oxygen atoms in total. The average molecular weight is 266 g/mol. The van der Waals surface area contributed by atoms with Gasteiger partial charge in [-0.2, -0.15) is 0 Å². The number of ether oxygens (including phenoxy) is 1. The molecule has 0 spiro atoms. The van der Waals surface area contributed by atoms with E-state index in [9.17, 15) is 9.59 Å². The fourth-order valence-electron chi connectivity index (χ4n) is 1.41. The molecule has 1 aromatic carbocycles. The van der Waals surface area contributed by atoms with Gasteiger partial charge in [0.15, 0.2) is 0 Å². The molecule has 104 valence electrons. The molecule has 2 amide bonds. The molecule has 1 aromatic rings. The minimum Gasteiger partial charge on any atom is -0.453 e. The Bertz CT molecular complexity index is 446. The first-order chi connectivity index (χ1) is 9.01. The Morgan fingerprint density at radius 2 is 1.95 bits per heavy atom. The van der Waals surface area contributed by atoms with Crippen LogP contribution >= 0.6 is 0 Å². The van der Waals surface area contributed by atoms with Crippen molar-refractivity contribution >= 4 is 23.4 Å². The summed E-state index contributed by atoms with van der Waals surface area (Å²) in [5.41, 5.74) is 1.10. The quantitative estimate of drug-likeness (QED) is 0.760. The zero-order valence-corrected chi connectivity index (χ0v) is 11.0. The largest absolute Gasteiger partial charge is 0.453 e. The first kappa shape index (κ1) is 15.0. The maximum atomic E-state index is 11.6. The van der Waals surface area contributed by atoms with Crippen LogP contribution in [0.4, 0.5) is 16.2 Å². The van der Waals surface area contributed by atoms with Crippen LogP contribution in [0, 0.1) is 0 Å². The number of aliphatic hydroxyl groups is 1. The molecule has 0 aliphatic carbocycles. The third-order valence-corrected chi connectivity index (χ3v) is 2.37. The molecule has 0 aliphatic heterocycles. The minimum absolute atomic E-state index is 0.184. The number of hydrogen-bond donors (Lipinski definition) is 3. The summed E-state index contributed by atoms with van der Waals surface area (Å²) in [5.74, 6) is -0.184. The highest BCUT2D eigenvalue weighted by Gasteiger charge is 2.06. The summed E-state index contributed by atoms with van der Waals surface area (Å²) < 4.78 is 4.47. The lowest BCUT2D eigenvalue weighted by Gasteiger charge is -2.08. The van der Waals surface area contributed by atoms with E-state index in [1.165, 1.54) is 7.11 Å². The number of carbonyl (C=O) groups excluding carboxylic acids is 2.